The fourth-order valence-corrected chi connectivity index (χ4v) is 1.82. The third-order valence-corrected chi connectivity index (χ3v) is 3.07. The van der Waals surface area contributed by atoms with E-state index in [0.717, 1.165) is 19.6 Å². The number of nitrogens with zero attached hydrogens (tertiary/aromatic N) is 2. The molecule has 0 spiro atoms. The minimum absolute atomic E-state index is 0.0985. The Bertz CT molecular complexity index is 475. The molecular weight excluding hydrogens is 274 g/mol. The molecule has 1 rings (SSSR count). The van der Waals surface area contributed by atoms with E-state index in [0.29, 0.717) is 6.54 Å². The first-order valence-corrected chi connectivity index (χ1v) is 6.93. The third kappa shape index (κ3) is 5.78. The highest BCUT2D eigenvalue weighted by molar-refractivity contribution is 5.77. The van der Waals surface area contributed by atoms with Gasteiger partial charge in [-0.05, 0) is 19.2 Å². The summed E-state index contributed by atoms with van der Waals surface area (Å²) in [6.45, 7) is 7.04. The summed E-state index contributed by atoms with van der Waals surface area (Å²) in [5.41, 5.74) is -0.145. The molecule has 0 aromatic heterocycles. The molecule has 0 aliphatic heterocycles. The average molecular weight is 295 g/mol. The number of hydrogen-bond acceptors (Lipinski definition) is 5. The van der Waals surface area contributed by atoms with Crippen LogP contribution in [0.3, 0.4) is 0 Å². The Morgan fingerprint density at radius 1 is 1.33 bits per heavy atom. The highest BCUT2D eigenvalue weighted by Gasteiger charge is 2.14. The van der Waals surface area contributed by atoms with E-state index in [1.807, 2.05) is 0 Å². The van der Waals surface area contributed by atoms with Gasteiger partial charge in [0.25, 0.3) is 5.91 Å². The van der Waals surface area contributed by atoms with Crippen LogP contribution in [0.1, 0.15) is 13.8 Å². The van der Waals surface area contributed by atoms with Crippen LogP contribution < -0.4 is 10.1 Å². The van der Waals surface area contributed by atoms with Gasteiger partial charge < -0.3 is 15.0 Å². The standard InChI is InChI=1S/C14H21N3O4/c1-3-16(4-2)10-9-15-14(18)11-21-13-8-6-5-7-12(13)17(19)20/h5-8H,3-4,9-11H2,1-2H3,(H,15,18). The monoisotopic (exact) mass is 295 g/mol. The Hall–Kier alpha value is -2.15. The Kier molecular flexibility index (Phi) is 7.17. The van der Waals surface area contributed by atoms with Gasteiger partial charge in [-0.3, -0.25) is 14.9 Å². The van der Waals surface area contributed by atoms with E-state index in [2.05, 4.69) is 24.1 Å². The van der Waals surface area contributed by atoms with E-state index in [4.69, 9.17) is 4.74 Å². The molecule has 0 fully saturated rings. The lowest BCUT2D eigenvalue weighted by Gasteiger charge is -2.17. The maximum atomic E-state index is 11.6. The van der Waals surface area contributed by atoms with Crippen LogP contribution in [0.2, 0.25) is 0 Å². The Labute approximate surface area is 124 Å². The van der Waals surface area contributed by atoms with Crippen molar-refractivity contribution in [2.45, 2.75) is 13.8 Å². The predicted molar refractivity (Wildman–Crippen MR) is 79.4 cm³/mol. The van der Waals surface area contributed by atoms with Gasteiger partial charge in [0.15, 0.2) is 12.4 Å². The number of carbonyl (C=O) groups excluding carboxylic acids is 1. The second-order valence-electron chi connectivity index (χ2n) is 4.39. The van der Waals surface area contributed by atoms with Gasteiger partial charge in [0.05, 0.1) is 4.92 Å². The van der Waals surface area contributed by atoms with Crippen LogP contribution in [0.4, 0.5) is 5.69 Å². The lowest BCUT2D eigenvalue weighted by atomic mass is 10.3. The molecule has 0 atom stereocenters. The molecule has 1 aromatic rings. The Morgan fingerprint density at radius 2 is 2.00 bits per heavy atom. The molecule has 0 heterocycles. The number of hydrogen-bond donors (Lipinski definition) is 1. The van der Waals surface area contributed by atoms with Gasteiger partial charge in [0, 0.05) is 19.2 Å². The smallest absolute Gasteiger partial charge is 0.310 e. The van der Waals surface area contributed by atoms with Crippen molar-refractivity contribution in [1.82, 2.24) is 10.2 Å². The highest BCUT2D eigenvalue weighted by atomic mass is 16.6. The molecule has 1 amide bonds. The number of nitrogens with one attached hydrogen (secondary N) is 1. The molecule has 1 N–H and O–H groups in total. The molecule has 0 aliphatic carbocycles. The van der Waals surface area contributed by atoms with Gasteiger partial charge >= 0.3 is 5.69 Å². The zero-order valence-electron chi connectivity index (χ0n) is 12.4. The minimum Gasteiger partial charge on any atom is -0.477 e. The molecule has 21 heavy (non-hydrogen) atoms. The van der Waals surface area contributed by atoms with E-state index in [1.165, 1.54) is 12.1 Å². The first kappa shape index (κ1) is 16.9. The van der Waals surface area contributed by atoms with Crippen LogP contribution in [0.25, 0.3) is 0 Å². The molecule has 116 valence electrons. The summed E-state index contributed by atoms with van der Waals surface area (Å²) in [6, 6.07) is 5.99. The number of likely N-dealkylation sites (N-methyl/N-ethyl adjacent to an activating group) is 1. The summed E-state index contributed by atoms with van der Waals surface area (Å²) >= 11 is 0. The number of amides is 1. The van der Waals surface area contributed by atoms with Gasteiger partial charge in [0.1, 0.15) is 0 Å². The SMILES string of the molecule is CCN(CC)CCNC(=O)COc1ccccc1[N+](=O)[O-]. The van der Waals surface area contributed by atoms with Gasteiger partial charge in [-0.2, -0.15) is 0 Å². The molecule has 7 heteroatoms. The van der Waals surface area contributed by atoms with Crippen molar-refractivity contribution < 1.29 is 14.5 Å². The van der Waals surface area contributed by atoms with Crippen molar-refractivity contribution in [1.29, 1.82) is 0 Å². The van der Waals surface area contributed by atoms with Crippen molar-refractivity contribution in [2.75, 3.05) is 32.8 Å². The lowest BCUT2D eigenvalue weighted by molar-refractivity contribution is -0.385. The van der Waals surface area contributed by atoms with E-state index in [-0.39, 0.29) is 24.0 Å². The Morgan fingerprint density at radius 3 is 2.62 bits per heavy atom. The van der Waals surface area contributed by atoms with Crippen molar-refractivity contribution in [3.05, 3.63) is 34.4 Å². The fraction of sp³-hybridized carbons (Fsp3) is 0.500. The van der Waals surface area contributed by atoms with E-state index in [9.17, 15) is 14.9 Å². The zero-order chi connectivity index (χ0) is 15.7. The largest absolute Gasteiger partial charge is 0.477 e. The average Bonchev–Trinajstić information content (AvgIpc) is 2.49. The number of carbonyl (C=O) groups is 1. The molecule has 7 nitrogen and oxygen atoms in total. The third-order valence-electron chi connectivity index (χ3n) is 3.07. The molecule has 0 aliphatic rings. The number of rotatable bonds is 9. The zero-order valence-corrected chi connectivity index (χ0v) is 12.4. The van der Waals surface area contributed by atoms with Crippen LogP contribution in [-0.2, 0) is 4.79 Å². The topological polar surface area (TPSA) is 84.7 Å². The Balaban J connectivity index is 2.38. The van der Waals surface area contributed by atoms with Crippen molar-refractivity contribution >= 4 is 11.6 Å². The number of nitro benzene ring substituents is 1. The summed E-state index contributed by atoms with van der Waals surface area (Å²) in [7, 11) is 0. The van der Waals surface area contributed by atoms with Crippen LogP contribution >= 0.6 is 0 Å². The van der Waals surface area contributed by atoms with Crippen molar-refractivity contribution in [3.8, 4) is 5.75 Å². The molecular formula is C14H21N3O4. The first-order chi connectivity index (χ1) is 10.1. The molecule has 0 saturated carbocycles. The maximum absolute atomic E-state index is 11.6. The number of benzene rings is 1. The van der Waals surface area contributed by atoms with Gasteiger partial charge in [0.2, 0.25) is 0 Å². The van der Waals surface area contributed by atoms with Gasteiger partial charge in [-0.15, -0.1) is 0 Å². The first-order valence-electron chi connectivity index (χ1n) is 6.93. The number of nitro groups is 1. The summed E-state index contributed by atoms with van der Waals surface area (Å²) in [4.78, 5) is 24.1. The second-order valence-corrected chi connectivity index (χ2v) is 4.39. The van der Waals surface area contributed by atoms with Crippen LogP contribution in [0.5, 0.6) is 5.75 Å². The van der Waals surface area contributed by atoms with E-state index in [1.54, 1.807) is 12.1 Å². The highest BCUT2D eigenvalue weighted by Crippen LogP contribution is 2.25. The molecule has 1 aromatic carbocycles. The normalized spacial score (nSPS) is 10.4. The van der Waals surface area contributed by atoms with Gasteiger partial charge in [-0.1, -0.05) is 26.0 Å². The molecule has 0 saturated heterocycles. The summed E-state index contributed by atoms with van der Waals surface area (Å²) in [5.74, 6) is -0.193. The molecule has 0 bridgehead atoms. The maximum Gasteiger partial charge on any atom is 0.310 e. The quantitative estimate of drug-likeness (QED) is 0.550. The summed E-state index contributed by atoms with van der Waals surface area (Å²) in [6.07, 6.45) is 0. The number of ether oxygens (including phenoxy) is 1. The van der Waals surface area contributed by atoms with Gasteiger partial charge in [-0.25, -0.2) is 0 Å². The molecule has 0 radical (unpaired) electrons. The predicted octanol–water partition coefficient (Wildman–Crippen LogP) is 1.43. The van der Waals surface area contributed by atoms with E-state index >= 15 is 0 Å². The summed E-state index contributed by atoms with van der Waals surface area (Å²) < 4.78 is 5.20. The molecule has 0 unspecified atom stereocenters. The van der Waals surface area contributed by atoms with E-state index < -0.39 is 4.92 Å². The minimum atomic E-state index is -0.534. The fourth-order valence-electron chi connectivity index (χ4n) is 1.82. The summed E-state index contributed by atoms with van der Waals surface area (Å²) in [5, 5.41) is 13.5. The number of para-hydroxylation sites is 2. The van der Waals surface area contributed by atoms with Crippen LogP contribution in [0.15, 0.2) is 24.3 Å². The van der Waals surface area contributed by atoms with Crippen LogP contribution in [0, 0.1) is 10.1 Å². The van der Waals surface area contributed by atoms with Crippen molar-refractivity contribution in [3.63, 3.8) is 0 Å². The lowest BCUT2D eigenvalue weighted by Crippen LogP contribution is -2.36. The van der Waals surface area contributed by atoms with Crippen molar-refractivity contribution in [2.24, 2.45) is 0 Å². The second kappa shape index (κ2) is 8.91. The van der Waals surface area contributed by atoms with Crippen LogP contribution in [-0.4, -0.2) is 48.5 Å².